The van der Waals surface area contributed by atoms with Crippen LogP contribution in [-0.4, -0.2) is 39.2 Å². The molecule has 0 saturated carbocycles. The van der Waals surface area contributed by atoms with Gasteiger partial charge in [0.15, 0.2) is 0 Å². The topological polar surface area (TPSA) is 89.5 Å². The van der Waals surface area contributed by atoms with E-state index < -0.39 is 38.4 Å². The van der Waals surface area contributed by atoms with Gasteiger partial charge in [0.1, 0.15) is 6.04 Å². The Kier molecular flexibility index (Phi) is 6.82. The van der Waals surface area contributed by atoms with E-state index in [1.54, 1.807) is 6.92 Å². The SMILES string of the molecule is CCC(C)C(NC(=O)c1ccc(S(=O)(=O)C(F)F)cc1)C(=O)OC. The highest BCUT2D eigenvalue weighted by molar-refractivity contribution is 7.91. The molecule has 0 fully saturated rings. The van der Waals surface area contributed by atoms with E-state index in [4.69, 9.17) is 0 Å². The first kappa shape index (κ1) is 20.0. The molecule has 0 bridgehead atoms. The highest BCUT2D eigenvalue weighted by Crippen LogP contribution is 2.19. The third-order valence-corrected chi connectivity index (χ3v) is 5.03. The van der Waals surface area contributed by atoms with Crippen LogP contribution in [0.2, 0.25) is 0 Å². The van der Waals surface area contributed by atoms with E-state index in [1.165, 1.54) is 7.11 Å². The molecule has 1 rings (SSSR count). The van der Waals surface area contributed by atoms with E-state index in [0.717, 1.165) is 24.3 Å². The van der Waals surface area contributed by atoms with Crippen LogP contribution in [0.4, 0.5) is 8.78 Å². The molecule has 134 valence electrons. The molecule has 24 heavy (non-hydrogen) atoms. The number of hydrogen-bond donors (Lipinski definition) is 1. The molecule has 0 saturated heterocycles. The Morgan fingerprint density at radius 1 is 1.21 bits per heavy atom. The molecule has 1 amide bonds. The van der Waals surface area contributed by atoms with E-state index in [-0.39, 0.29) is 11.5 Å². The number of hydrogen-bond acceptors (Lipinski definition) is 5. The Balaban J connectivity index is 2.98. The van der Waals surface area contributed by atoms with Crippen LogP contribution in [0, 0.1) is 5.92 Å². The lowest BCUT2D eigenvalue weighted by Gasteiger charge is -2.21. The number of esters is 1. The van der Waals surface area contributed by atoms with Crippen molar-refractivity contribution in [1.29, 1.82) is 0 Å². The number of alkyl halides is 2. The van der Waals surface area contributed by atoms with Gasteiger partial charge in [-0.2, -0.15) is 8.78 Å². The van der Waals surface area contributed by atoms with E-state index in [2.05, 4.69) is 10.1 Å². The lowest BCUT2D eigenvalue weighted by atomic mass is 9.99. The maximum absolute atomic E-state index is 12.5. The van der Waals surface area contributed by atoms with Crippen LogP contribution in [0.3, 0.4) is 0 Å². The van der Waals surface area contributed by atoms with Gasteiger partial charge in [-0.15, -0.1) is 0 Å². The maximum atomic E-state index is 12.5. The molecule has 1 aromatic rings. The molecular formula is C15H19F2NO5S. The fourth-order valence-electron chi connectivity index (χ4n) is 1.92. The van der Waals surface area contributed by atoms with Crippen LogP contribution >= 0.6 is 0 Å². The van der Waals surface area contributed by atoms with Crippen molar-refractivity contribution in [2.24, 2.45) is 5.92 Å². The van der Waals surface area contributed by atoms with Gasteiger partial charge < -0.3 is 10.1 Å². The lowest BCUT2D eigenvalue weighted by molar-refractivity contribution is -0.144. The molecule has 0 radical (unpaired) electrons. The van der Waals surface area contributed by atoms with Gasteiger partial charge in [0.05, 0.1) is 12.0 Å². The standard InChI is InChI=1S/C15H19F2NO5S/c1-4-9(2)12(14(20)23-3)18-13(19)10-5-7-11(8-6-10)24(21,22)15(16)17/h5-9,12,15H,4H2,1-3H3,(H,18,19). The number of halogens is 2. The van der Waals surface area contributed by atoms with Gasteiger partial charge in [-0.25, -0.2) is 13.2 Å². The van der Waals surface area contributed by atoms with Crippen LogP contribution in [0.5, 0.6) is 0 Å². The Morgan fingerprint density at radius 3 is 2.17 bits per heavy atom. The number of methoxy groups -OCH3 is 1. The molecule has 2 unspecified atom stereocenters. The Bertz CT molecular complexity index is 688. The van der Waals surface area contributed by atoms with Crippen molar-refractivity contribution in [2.75, 3.05) is 7.11 Å². The van der Waals surface area contributed by atoms with Crippen LogP contribution in [0.25, 0.3) is 0 Å². The second-order valence-corrected chi connectivity index (χ2v) is 7.11. The number of benzene rings is 1. The number of amides is 1. The molecule has 0 heterocycles. The number of sulfone groups is 1. The summed E-state index contributed by atoms with van der Waals surface area (Å²) in [6, 6.07) is 3.20. The highest BCUT2D eigenvalue weighted by atomic mass is 32.2. The van der Waals surface area contributed by atoms with Crippen LogP contribution < -0.4 is 5.32 Å². The zero-order valence-electron chi connectivity index (χ0n) is 13.5. The van der Waals surface area contributed by atoms with Crippen LogP contribution in [0.15, 0.2) is 29.2 Å². The van der Waals surface area contributed by atoms with Gasteiger partial charge in [0.25, 0.3) is 5.91 Å². The Hall–Kier alpha value is -2.03. The average molecular weight is 363 g/mol. The van der Waals surface area contributed by atoms with Crippen molar-refractivity contribution in [3.63, 3.8) is 0 Å². The van der Waals surface area contributed by atoms with Gasteiger partial charge in [-0.1, -0.05) is 20.3 Å². The van der Waals surface area contributed by atoms with Crippen LogP contribution in [0.1, 0.15) is 30.6 Å². The molecule has 6 nitrogen and oxygen atoms in total. The number of nitrogens with one attached hydrogen (secondary N) is 1. The van der Waals surface area contributed by atoms with Crippen molar-refractivity contribution in [3.05, 3.63) is 29.8 Å². The summed E-state index contributed by atoms with van der Waals surface area (Å²) in [6.07, 6.45) is 0.617. The van der Waals surface area contributed by atoms with Crippen molar-refractivity contribution < 1.29 is 31.5 Å². The van der Waals surface area contributed by atoms with Gasteiger partial charge in [-0.05, 0) is 30.2 Å². The molecule has 2 atom stereocenters. The number of carbonyl (C=O) groups is 2. The normalized spacial score (nSPS) is 14.1. The summed E-state index contributed by atoms with van der Waals surface area (Å²) in [6.45, 7) is 3.61. The average Bonchev–Trinajstić information content (AvgIpc) is 2.57. The minimum Gasteiger partial charge on any atom is -0.467 e. The summed E-state index contributed by atoms with van der Waals surface area (Å²) in [4.78, 5) is 23.3. The molecule has 0 aliphatic rings. The summed E-state index contributed by atoms with van der Waals surface area (Å²) in [7, 11) is -3.51. The smallest absolute Gasteiger partial charge is 0.341 e. The fraction of sp³-hybridized carbons (Fsp3) is 0.467. The third kappa shape index (κ3) is 4.50. The van der Waals surface area contributed by atoms with E-state index >= 15 is 0 Å². The second kappa shape index (κ2) is 8.18. The van der Waals surface area contributed by atoms with Gasteiger partial charge >= 0.3 is 11.7 Å². The zero-order valence-corrected chi connectivity index (χ0v) is 14.3. The number of rotatable bonds is 7. The predicted octanol–water partition coefficient (Wildman–Crippen LogP) is 2.00. The minimum absolute atomic E-state index is 0.0421. The Morgan fingerprint density at radius 2 is 1.75 bits per heavy atom. The van der Waals surface area contributed by atoms with Crippen molar-refractivity contribution in [2.45, 2.75) is 37.0 Å². The Labute approximate surface area is 139 Å². The van der Waals surface area contributed by atoms with E-state index in [9.17, 15) is 26.8 Å². The summed E-state index contributed by atoms with van der Waals surface area (Å²) in [5, 5.41) is 2.50. The monoisotopic (exact) mass is 363 g/mol. The first-order valence-corrected chi connectivity index (χ1v) is 8.70. The first-order chi connectivity index (χ1) is 11.1. The summed E-state index contributed by atoms with van der Waals surface area (Å²) in [5.74, 6) is -4.95. The number of ether oxygens (including phenoxy) is 1. The fourth-order valence-corrected chi connectivity index (χ4v) is 2.64. The molecule has 1 aromatic carbocycles. The molecule has 1 N–H and O–H groups in total. The van der Waals surface area contributed by atoms with E-state index in [1.807, 2.05) is 6.92 Å². The molecule has 0 aliphatic heterocycles. The molecule has 9 heteroatoms. The first-order valence-electron chi connectivity index (χ1n) is 7.15. The highest BCUT2D eigenvalue weighted by Gasteiger charge is 2.28. The zero-order chi connectivity index (χ0) is 18.5. The molecular weight excluding hydrogens is 344 g/mol. The van der Waals surface area contributed by atoms with Gasteiger partial charge in [0, 0.05) is 5.56 Å². The van der Waals surface area contributed by atoms with Crippen molar-refractivity contribution in [1.82, 2.24) is 5.32 Å². The van der Waals surface area contributed by atoms with Crippen LogP contribution in [-0.2, 0) is 19.4 Å². The largest absolute Gasteiger partial charge is 0.467 e. The maximum Gasteiger partial charge on any atom is 0.341 e. The summed E-state index contributed by atoms with van der Waals surface area (Å²) >= 11 is 0. The molecule has 0 aromatic heterocycles. The quantitative estimate of drug-likeness (QED) is 0.749. The molecule has 0 spiro atoms. The minimum atomic E-state index is -4.72. The predicted molar refractivity (Wildman–Crippen MR) is 82.4 cm³/mol. The van der Waals surface area contributed by atoms with Crippen molar-refractivity contribution >= 4 is 21.7 Å². The summed E-state index contributed by atoms with van der Waals surface area (Å²) in [5.41, 5.74) is 0.0421. The second-order valence-electron chi connectivity index (χ2n) is 5.19. The van der Waals surface area contributed by atoms with Crippen molar-refractivity contribution in [3.8, 4) is 0 Å². The molecule has 0 aliphatic carbocycles. The van der Waals surface area contributed by atoms with Gasteiger partial charge in [0.2, 0.25) is 9.84 Å². The third-order valence-electron chi connectivity index (χ3n) is 3.63. The van der Waals surface area contributed by atoms with Gasteiger partial charge in [-0.3, -0.25) is 4.79 Å². The number of carbonyl (C=O) groups excluding carboxylic acids is 2. The summed E-state index contributed by atoms with van der Waals surface area (Å²) < 4.78 is 52.2. The van der Waals surface area contributed by atoms with E-state index in [0.29, 0.717) is 6.42 Å². The lowest BCUT2D eigenvalue weighted by Crippen LogP contribution is -2.45.